The summed E-state index contributed by atoms with van der Waals surface area (Å²) in [5.74, 6) is -1.26. The van der Waals surface area contributed by atoms with Crippen molar-refractivity contribution in [3.05, 3.63) is 69.7 Å². The molecule has 2 aromatic heterocycles. The Hall–Kier alpha value is -3.42. The molecule has 1 aliphatic rings. The van der Waals surface area contributed by atoms with E-state index < -0.39 is 17.7 Å². The number of hydrogen-bond acceptors (Lipinski definition) is 4. The third-order valence-corrected chi connectivity index (χ3v) is 5.10. The monoisotopic (exact) mass is 397 g/mol. The molecule has 0 spiro atoms. The number of furan rings is 1. The number of amides is 1. The van der Waals surface area contributed by atoms with Gasteiger partial charge < -0.3 is 14.8 Å². The van der Waals surface area contributed by atoms with Gasteiger partial charge in [-0.2, -0.15) is 5.10 Å². The van der Waals surface area contributed by atoms with Crippen molar-refractivity contribution >= 4 is 11.9 Å². The minimum absolute atomic E-state index is 0.0351. The lowest BCUT2D eigenvalue weighted by Gasteiger charge is -2.08. The third kappa shape index (κ3) is 3.41. The number of halogens is 1. The van der Waals surface area contributed by atoms with Crippen molar-refractivity contribution in [2.45, 2.75) is 39.7 Å². The van der Waals surface area contributed by atoms with Gasteiger partial charge in [0.2, 0.25) is 0 Å². The third-order valence-electron chi connectivity index (χ3n) is 5.10. The van der Waals surface area contributed by atoms with Gasteiger partial charge in [-0.3, -0.25) is 4.79 Å². The van der Waals surface area contributed by atoms with Gasteiger partial charge in [0, 0.05) is 11.3 Å². The van der Waals surface area contributed by atoms with Crippen LogP contribution in [0.5, 0.6) is 0 Å². The average molecular weight is 397 g/mol. The number of carboxylic acid groups (broad SMARTS) is 1. The van der Waals surface area contributed by atoms with E-state index in [9.17, 15) is 14.0 Å². The van der Waals surface area contributed by atoms with Gasteiger partial charge in [0.25, 0.3) is 5.91 Å². The molecule has 1 aromatic carbocycles. The molecule has 0 aliphatic heterocycles. The maximum atomic E-state index is 14.4. The molecule has 4 rings (SSSR count). The van der Waals surface area contributed by atoms with E-state index in [0.29, 0.717) is 17.9 Å². The summed E-state index contributed by atoms with van der Waals surface area (Å²) in [6.45, 7) is 3.46. The van der Waals surface area contributed by atoms with E-state index >= 15 is 0 Å². The van der Waals surface area contributed by atoms with Crippen molar-refractivity contribution in [3.8, 4) is 5.69 Å². The lowest BCUT2D eigenvalue weighted by molar-refractivity contribution is 0.0694. The Labute approximate surface area is 166 Å². The molecule has 0 bridgehead atoms. The van der Waals surface area contributed by atoms with Crippen molar-refractivity contribution in [1.29, 1.82) is 0 Å². The van der Waals surface area contributed by atoms with Crippen LogP contribution >= 0.6 is 0 Å². The predicted octanol–water partition coefficient (Wildman–Crippen LogP) is 3.34. The Morgan fingerprint density at radius 2 is 2.07 bits per heavy atom. The molecule has 29 heavy (non-hydrogen) atoms. The Bertz CT molecular complexity index is 1130. The Morgan fingerprint density at radius 3 is 2.79 bits per heavy atom. The van der Waals surface area contributed by atoms with Gasteiger partial charge in [0.1, 0.15) is 28.6 Å². The van der Waals surface area contributed by atoms with Crippen LogP contribution in [-0.4, -0.2) is 26.8 Å². The Morgan fingerprint density at radius 1 is 1.28 bits per heavy atom. The van der Waals surface area contributed by atoms with Crippen LogP contribution < -0.4 is 5.32 Å². The Kier molecular flexibility index (Phi) is 4.70. The summed E-state index contributed by atoms with van der Waals surface area (Å²) >= 11 is 0. The number of aromatic carboxylic acids is 1. The SMILES string of the molecule is Cc1ccc(F)c(-n2nc(C(=O)NCc3cc(C(=O)O)c(C)o3)c3c2CCC3)c1. The van der Waals surface area contributed by atoms with Crippen molar-refractivity contribution < 1.29 is 23.5 Å². The molecule has 8 heteroatoms. The smallest absolute Gasteiger partial charge is 0.339 e. The van der Waals surface area contributed by atoms with Crippen LogP contribution in [0.4, 0.5) is 4.39 Å². The quantitative estimate of drug-likeness (QED) is 0.688. The van der Waals surface area contributed by atoms with Gasteiger partial charge in [-0.15, -0.1) is 0 Å². The summed E-state index contributed by atoms with van der Waals surface area (Å²) in [6, 6.07) is 6.18. The highest BCUT2D eigenvalue weighted by molar-refractivity contribution is 5.94. The van der Waals surface area contributed by atoms with E-state index in [1.54, 1.807) is 19.1 Å². The van der Waals surface area contributed by atoms with Crippen LogP contribution in [0, 0.1) is 19.7 Å². The van der Waals surface area contributed by atoms with Gasteiger partial charge in [0.15, 0.2) is 5.69 Å². The molecule has 1 aliphatic carbocycles. The zero-order valence-corrected chi connectivity index (χ0v) is 16.1. The molecule has 1 amide bonds. The molecule has 0 unspecified atom stereocenters. The first-order chi connectivity index (χ1) is 13.8. The van der Waals surface area contributed by atoms with E-state index in [1.165, 1.54) is 16.8 Å². The highest BCUT2D eigenvalue weighted by Crippen LogP contribution is 2.29. The molecule has 0 radical (unpaired) electrons. The number of nitrogens with zero attached hydrogens (tertiary/aromatic N) is 2. The lowest BCUT2D eigenvalue weighted by Crippen LogP contribution is -2.24. The standard InChI is InChI=1S/C21H20FN3O4/c1-11-6-7-16(22)18(8-11)25-17-5-3-4-14(17)19(24-25)20(26)23-10-13-9-15(21(27)28)12(2)29-13/h6-9H,3-5,10H2,1-2H3,(H,23,26)(H,27,28). The normalized spacial score (nSPS) is 12.8. The first kappa shape index (κ1) is 18.9. The minimum atomic E-state index is -1.08. The topological polar surface area (TPSA) is 97.4 Å². The number of nitrogens with one attached hydrogen (secondary N) is 1. The van der Waals surface area contributed by atoms with Gasteiger partial charge in [-0.05, 0) is 56.9 Å². The van der Waals surface area contributed by atoms with Gasteiger partial charge in [0.05, 0.1) is 6.54 Å². The average Bonchev–Trinajstić information content (AvgIpc) is 3.36. The lowest BCUT2D eigenvalue weighted by atomic mass is 10.2. The highest BCUT2D eigenvalue weighted by Gasteiger charge is 2.28. The van der Waals surface area contributed by atoms with Crippen LogP contribution in [-0.2, 0) is 19.4 Å². The summed E-state index contributed by atoms with van der Waals surface area (Å²) in [6.07, 6.45) is 2.30. The number of aryl methyl sites for hydroxylation is 2. The number of hydrogen-bond donors (Lipinski definition) is 2. The van der Waals surface area contributed by atoms with Crippen LogP contribution in [0.1, 0.15) is 55.6 Å². The summed E-state index contributed by atoms with van der Waals surface area (Å²) in [7, 11) is 0. The number of rotatable bonds is 5. The van der Waals surface area contributed by atoms with Crippen molar-refractivity contribution in [3.63, 3.8) is 0 Å². The Balaban J connectivity index is 1.61. The van der Waals surface area contributed by atoms with E-state index in [1.807, 2.05) is 6.92 Å². The molecule has 0 fully saturated rings. The molecule has 2 heterocycles. The zero-order chi connectivity index (χ0) is 20.7. The van der Waals surface area contributed by atoms with Gasteiger partial charge >= 0.3 is 5.97 Å². The summed E-state index contributed by atoms with van der Waals surface area (Å²) in [5, 5.41) is 16.2. The maximum absolute atomic E-state index is 14.4. The first-order valence-corrected chi connectivity index (χ1v) is 9.33. The number of carbonyl (C=O) groups is 2. The van der Waals surface area contributed by atoms with Crippen LogP contribution in [0.25, 0.3) is 5.69 Å². The second-order valence-corrected chi connectivity index (χ2v) is 7.16. The number of carbonyl (C=O) groups excluding carboxylic acids is 1. The van der Waals surface area contributed by atoms with Gasteiger partial charge in [-0.1, -0.05) is 6.07 Å². The molecule has 0 saturated heterocycles. The number of aromatic nitrogens is 2. The highest BCUT2D eigenvalue weighted by atomic mass is 19.1. The van der Waals surface area contributed by atoms with E-state index in [4.69, 9.17) is 9.52 Å². The molecule has 150 valence electrons. The van der Waals surface area contributed by atoms with Crippen LogP contribution in [0.2, 0.25) is 0 Å². The van der Waals surface area contributed by atoms with Crippen LogP contribution in [0.3, 0.4) is 0 Å². The minimum Gasteiger partial charge on any atom is -0.478 e. The second-order valence-electron chi connectivity index (χ2n) is 7.16. The predicted molar refractivity (Wildman–Crippen MR) is 102 cm³/mol. The number of carboxylic acids is 1. The van der Waals surface area contributed by atoms with E-state index in [-0.39, 0.29) is 23.6 Å². The fourth-order valence-electron chi connectivity index (χ4n) is 3.70. The molecule has 0 atom stereocenters. The summed E-state index contributed by atoms with van der Waals surface area (Å²) in [4.78, 5) is 23.9. The molecular formula is C21H20FN3O4. The fraction of sp³-hybridized carbons (Fsp3) is 0.286. The molecule has 0 saturated carbocycles. The van der Waals surface area contributed by atoms with Crippen molar-refractivity contribution in [2.75, 3.05) is 0 Å². The van der Waals surface area contributed by atoms with Crippen molar-refractivity contribution in [2.24, 2.45) is 0 Å². The van der Waals surface area contributed by atoms with Gasteiger partial charge in [-0.25, -0.2) is 13.9 Å². The molecule has 3 aromatic rings. The molecule has 2 N–H and O–H groups in total. The first-order valence-electron chi connectivity index (χ1n) is 9.33. The van der Waals surface area contributed by atoms with Crippen LogP contribution in [0.15, 0.2) is 28.7 Å². The molecular weight excluding hydrogens is 377 g/mol. The second kappa shape index (κ2) is 7.20. The zero-order valence-electron chi connectivity index (χ0n) is 16.1. The fourth-order valence-corrected chi connectivity index (χ4v) is 3.70. The summed E-state index contributed by atoms with van der Waals surface area (Å²) < 4.78 is 21.3. The van der Waals surface area contributed by atoms with Crippen molar-refractivity contribution in [1.82, 2.24) is 15.1 Å². The number of fused-ring (bicyclic) bond motifs is 1. The largest absolute Gasteiger partial charge is 0.478 e. The van der Waals surface area contributed by atoms with E-state index in [2.05, 4.69) is 10.4 Å². The van der Waals surface area contributed by atoms with E-state index in [0.717, 1.165) is 29.7 Å². The maximum Gasteiger partial charge on any atom is 0.339 e. The summed E-state index contributed by atoms with van der Waals surface area (Å²) in [5.41, 5.74) is 3.23. The number of benzene rings is 1. The molecule has 7 nitrogen and oxygen atoms in total.